The lowest BCUT2D eigenvalue weighted by Crippen LogP contribution is -2.47. The Morgan fingerprint density at radius 1 is 1.05 bits per heavy atom. The fraction of sp³-hybridized carbons (Fsp3) is 0.941. The Morgan fingerprint density at radius 3 is 2.38 bits per heavy atom. The van der Waals surface area contributed by atoms with Crippen LogP contribution >= 0.6 is 0 Å². The first-order chi connectivity index (χ1) is 10.1. The van der Waals surface area contributed by atoms with Crippen LogP contribution in [0.3, 0.4) is 0 Å². The number of nitrogens with one attached hydrogen (secondary N) is 1. The van der Waals surface area contributed by atoms with E-state index in [2.05, 4.69) is 15.2 Å². The van der Waals surface area contributed by atoms with E-state index in [1.165, 1.54) is 38.5 Å². The molecule has 0 amide bonds. The van der Waals surface area contributed by atoms with Crippen molar-refractivity contribution in [1.29, 1.82) is 0 Å². The summed E-state index contributed by atoms with van der Waals surface area (Å²) in [6.45, 7) is 2.94. The van der Waals surface area contributed by atoms with Crippen molar-refractivity contribution in [2.45, 2.75) is 69.8 Å². The van der Waals surface area contributed by atoms with Gasteiger partial charge in [0.05, 0.1) is 5.60 Å². The fourth-order valence-corrected chi connectivity index (χ4v) is 4.61. The minimum Gasteiger partial charge on any atom is -0.388 e. The van der Waals surface area contributed by atoms with Crippen molar-refractivity contribution in [1.82, 2.24) is 10.2 Å². The molecule has 2 saturated carbocycles. The van der Waals surface area contributed by atoms with Crippen LogP contribution in [0.1, 0.15) is 64.2 Å². The van der Waals surface area contributed by atoms with Gasteiger partial charge < -0.3 is 15.3 Å². The molecule has 1 heterocycles. The minimum atomic E-state index is -0.502. The Bertz CT molecular complexity index is 381. The highest BCUT2D eigenvalue weighted by atomic mass is 16.3. The average Bonchev–Trinajstić information content (AvgIpc) is 3.09. The fourth-order valence-electron chi connectivity index (χ4n) is 4.61. The molecule has 3 aliphatic rings. The summed E-state index contributed by atoms with van der Waals surface area (Å²) in [5.41, 5.74) is 0.0539. The van der Waals surface area contributed by atoms with Gasteiger partial charge in [0.2, 0.25) is 0 Å². The summed E-state index contributed by atoms with van der Waals surface area (Å²) in [6.07, 6.45) is 12.5. The normalized spacial score (nSPS) is 28.3. The van der Waals surface area contributed by atoms with Crippen molar-refractivity contribution < 1.29 is 5.11 Å². The minimum absolute atomic E-state index is 0.502. The number of likely N-dealkylation sites (tertiary alicyclic amines) is 1. The summed E-state index contributed by atoms with van der Waals surface area (Å²) in [6, 6.07) is 0. The molecular formula is C17H31N3O. The average molecular weight is 293 g/mol. The first-order valence-corrected chi connectivity index (χ1v) is 8.83. The van der Waals surface area contributed by atoms with Crippen molar-refractivity contribution in [3.8, 4) is 0 Å². The van der Waals surface area contributed by atoms with Crippen LogP contribution in [-0.2, 0) is 0 Å². The molecular weight excluding hydrogens is 262 g/mol. The predicted molar refractivity (Wildman–Crippen MR) is 86.5 cm³/mol. The van der Waals surface area contributed by atoms with E-state index in [1.54, 1.807) is 0 Å². The van der Waals surface area contributed by atoms with E-state index in [9.17, 15) is 5.11 Å². The van der Waals surface area contributed by atoms with Crippen molar-refractivity contribution >= 4 is 5.96 Å². The largest absolute Gasteiger partial charge is 0.388 e. The number of hydrogen-bond donors (Lipinski definition) is 2. The second-order valence-corrected chi connectivity index (χ2v) is 7.56. The Hall–Kier alpha value is -0.770. The van der Waals surface area contributed by atoms with Gasteiger partial charge >= 0.3 is 0 Å². The first-order valence-electron chi connectivity index (χ1n) is 8.83. The van der Waals surface area contributed by atoms with Gasteiger partial charge in [0.25, 0.3) is 0 Å². The third-order valence-electron chi connectivity index (χ3n) is 5.97. The number of hydrogen-bond acceptors (Lipinski definition) is 2. The maximum atomic E-state index is 10.5. The molecule has 0 aromatic carbocycles. The molecule has 0 unspecified atom stereocenters. The molecule has 1 saturated heterocycles. The van der Waals surface area contributed by atoms with Gasteiger partial charge in [-0.3, -0.25) is 4.99 Å². The number of rotatable bonds is 2. The zero-order valence-electron chi connectivity index (χ0n) is 13.5. The van der Waals surface area contributed by atoms with Gasteiger partial charge in [0, 0.05) is 26.7 Å². The number of aliphatic hydroxyl groups is 1. The molecule has 4 heteroatoms. The molecule has 2 aliphatic carbocycles. The van der Waals surface area contributed by atoms with E-state index in [4.69, 9.17) is 0 Å². The van der Waals surface area contributed by atoms with Gasteiger partial charge in [-0.15, -0.1) is 0 Å². The van der Waals surface area contributed by atoms with E-state index >= 15 is 0 Å². The standard InChI is InChI=1S/C17H31N3O/c1-18-15(19-13-17(21)9-5-6-10-17)20-12-11-16(14-20)7-3-2-4-8-16/h21H,2-14H2,1H3,(H,18,19). The van der Waals surface area contributed by atoms with E-state index in [-0.39, 0.29) is 0 Å². The van der Waals surface area contributed by atoms with Crippen LogP contribution in [0.5, 0.6) is 0 Å². The van der Waals surface area contributed by atoms with Gasteiger partial charge in [-0.25, -0.2) is 0 Å². The van der Waals surface area contributed by atoms with Crippen LogP contribution in [-0.4, -0.2) is 48.2 Å². The highest BCUT2D eigenvalue weighted by molar-refractivity contribution is 5.80. The van der Waals surface area contributed by atoms with Gasteiger partial charge in [-0.2, -0.15) is 0 Å². The summed E-state index contributed by atoms with van der Waals surface area (Å²) in [5.74, 6) is 0.998. The number of guanidine groups is 1. The monoisotopic (exact) mass is 293 g/mol. The second kappa shape index (κ2) is 6.15. The molecule has 0 atom stereocenters. The molecule has 21 heavy (non-hydrogen) atoms. The zero-order valence-corrected chi connectivity index (χ0v) is 13.5. The topological polar surface area (TPSA) is 47.9 Å². The number of nitrogens with zero attached hydrogens (tertiary/aromatic N) is 2. The summed E-state index contributed by atoms with van der Waals surface area (Å²) in [7, 11) is 1.87. The van der Waals surface area contributed by atoms with Crippen LogP contribution in [0.25, 0.3) is 0 Å². The molecule has 0 radical (unpaired) electrons. The maximum absolute atomic E-state index is 10.5. The predicted octanol–water partition coefficient (Wildman–Crippen LogP) is 2.52. The third kappa shape index (κ3) is 3.36. The molecule has 1 spiro atoms. The highest BCUT2D eigenvalue weighted by Gasteiger charge is 2.40. The van der Waals surface area contributed by atoms with Gasteiger partial charge in [-0.1, -0.05) is 32.1 Å². The molecule has 120 valence electrons. The quantitative estimate of drug-likeness (QED) is 0.607. The van der Waals surface area contributed by atoms with Crippen LogP contribution in [0.4, 0.5) is 0 Å². The molecule has 3 fully saturated rings. The van der Waals surface area contributed by atoms with Crippen LogP contribution in [0.2, 0.25) is 0 Å². The summed E-state index contributed by atoms with van der Waals surface area (Å²) in [4.78, 5) is 6.88. The Kier molecular flexibility index (Phi) is 4.43. The van der Waals surface area contributed by atoms with Gasteiger partial charge in [-0.05, 0) is 37.5 Å². The van der Waals surface area contributed by atoms with E-state index in [1.807, 2.05) is 7.05 Å². The van der Waals surface area contributed by atoms with Crippen molar-refractivity contribution in [2.24, 2.45) is 10.4 Å². The van der Waals surface area contributed by atoms with Crippen molar-refractivity contribution in [3.05, 3.63) is 0 Å². The molecule has 0 aromatic rings. The summed E-state index contributed by atoms with van der Waals surface area (Å²) in [5, 5.41) is 13.9. The molecule has 0 aromatic heterocycles. The Labute approximate surface area is 129 Å². The highest BCUT2D eigenvalue weighted by Crippen LogP contribution is 2.43. The van der Waals surface area contributed by atoms with Crippen molar-refractivity contribution in [3.63, 3.8) is 0 Å². The lowest BCUT2D eigenvalue weighted by Gasteiger charge is -2.34. The molecule has 4 nitrogen and oxygen atoms in total. The molecule has 2 N–H and O–H groups in total. The first kappa shape index (κ1) is 15.1. The number of aliphatic imine (C=N–C) groups is 1. The second-order valence-electron chi connectivity index (χ2n) is 7.56. The third-order valence-corrected chi connectivity index (χ3v) is 5.97. The van der Waals surface area contributed by atoms with Crippen LogP contribution < -0.4 is 5.32 Å². The lowest BCUT2D eigenvalue weighted by molar-refractivity contribution is 0.0516. The molecule has 1 aliphatic heterocycles. The Morgan fingerprint density at radius 2 is 1.71 bits per heavy atom. The lowest BCUT2D eigenvalue weighted by atomic mass is 9.73. The Balaban J connectivity index is 1.55. The molecule has 0 bridgehead atoms. The van der Waals surface area contributed by atoms with E-state index in [0.29, 0.717) is 12.0 Å². The van der Waals surface area contributed by atoms with Crippen LogP contribution in [0.15, 0.2) is 4.99 Å². The summed E-state index contributed by atoms with van der Waals surface area (Å²) < 4.78 is 0. The summed E-state index contributed by atoms with van der Waals surface area (Å²) >= 11 is 0. The van der Waals surface area contributed by atoms with E-state index < -0.39 is 5.60 Å². The van der Waals surface area contributed by atoms with Gasteiger partial charge in [0.1, 0.15) is 0 Å². The zero-order chi connectivity index (χ0) is 14.8. The van der Waals surface area contributed by atoms with Crippen molar-refractivity contribution in [2.75, 3.05) is 26.7 Å². The smallest absolute Gasteiger partial charge is 0.193 e. The van der Waals surface area contributed by atoms with E-state index in [0.717, 1.165) is 44.7 Å². The SMILES string of the molecule is CN=C(NCC1(O)CCCC1)N1CCC2(CCCCC2)C1. The maximum Gasteiger partial charge on any atom is 0.193 e. The molecule has 3 rings (SSSR count). The van der Waals surface area contributed by atoms with Crippen LogP contribution in [0, 0.1) is 5.41 Å². The van der Waals surface area contributed by atoms with Gasteiger partial charge in [0.15, 0.2) is 5.96 Å².